The van der Waals surface area contributed by atoms with Crippen molar-refractivity contribution in [1.29, 1.82) is 0 Å². The predicted molar refractivity (Wildman–Crippen MR) is 90.8 cm³/mol. The molecule has 2 aromatic rings. The van der Waals surface area contributed by atoms with Gasteiger partial charge in [0, 0.05) is 14.5 Å². The van der Waals surface area contributed by atoms with Gasteiger partial charge in [-0.05, 0) is 60.4 Å². The van der Waals surface area contributed by atoms with Crippen molar-refractivity contribution in [3.05, 3.63) is 67.1 Å². The molecule has 0 aliphatic rings. The highest BCUT2D eigenvalue weighted by molar-refractivity contribution is 9.11. The van der Waals surface area contributed by atoms with Gasteiger partial charge >= 0.3 is 0 Å². The number of hydrogen-bond donors (Lipinski definition) is 0. The van der Waals surface area contributed by atoms with Gasteiger partial charge in [-0.15, -0.1) is 0 Å². The molecule has 4 heteroatoms. The summed E-state index contributed by atoms with van der Waals surface area (Å²) in [5.41, 5.74) is 4.53. The second-order valence-corrected chi connectivity index (χ2v) is 7.10. The molecule has 0 aliphatic carbocycles. The molecule has 2 rings (SSSR count). The third-order valence-corrected chi connectivity index (χ3v) is 5.39. The maximum absolute atomic E-state index is 6.36. The molecule has 0 radical (unpaired) electrons. The highest BCUT2D eigenvalue weighted by atomic mass is 79.9. The van der Waals surface area contributed by atoms with Gasteiger partial charge < -0.3 is 0 Å². The van der Waals surface area contributed by atoms with Crippen LogP contribution >= 0.6 is 55.1 Å². The average molecular weight is 423 g/mol. The number of aryl methyl sites for hydroxylation is 2. The van der Waals surface area contributed by atoms with Crippen LogP contribution in [-0.4, -0.2) is 0 Å². The Morgan fingerprint density at radius 3 is 2.26 bits per heavy atom. The molecule has 1 atom stereocenters. The van der Waals surface area contributed by atoms with Crippen LogP contribution in [0.25, 0.3) is 0 Å². The van der Waals surface area contributed by atoms with Crippen LogP contribution in [0.15, 0.2) is 34.8 Å². The van der Waals surface area contributed by atoms with Gasteiger partial charge in [-0.25, -0.2) is 0 Å². The zero-order valence-corrected chi connectivity index (χ0v) is 15.2. The summed E-state index contributed by atoms with van der Waals surface area (Å²) in [4.78, 5) is 0.00683. The maximum atomic E-state index is 6.36. The van der Waals surface area contributed by atoms with Gasteiger partial charge in [0.2, 0.25) is 0 Å². The lowest BCUT2D eigenvalue weighted by Crippen LogP contribution is -1.97. The Morgan fingerprint density at radius 2 is 1.58 bits per heavy atom. The summed E-state index contributed by atoms with van der Waals surface area (Å²) in [5.74, 6) is 0. The van der Waals surface area contributed by atoms with Gasteiger partial charge in [-0.3, -0.25) is 0 Å². The largest absolute Gasteiger partial charge is 0.0843 e. The molecule has 0 heterocycles. The normalized spacial score (nSPS) is 12.5. The van der Waals surface area contributed by atoms with E-state index in [-0.39, 0.29) is 4.83 Å². The van der Waals surface area contributed by atoms with Crippen LogP contribution in [0.2, 0.25) is 10.0 Å². The second-order valence-electron chi connectivity index (χ2n) is 4.49. The summed E-state index contributed by atoms with van der Waals surface area (Å²) in [7, 11) is 0. The third kappa shape index (κ3) is 3.36. The Morgan fingerprint density at radius 1 is 0.947 bits per heavy atom. The fourth-order valence-corrected chi connectivity index (χ4v) is 4.05. The maximum Gasteiger partial charge on any atom is 0.0670 e. The molecule has 0 aliphatic heterocycles. The molecule has 0 saturated carbocycles. The molecule has 0 bridgehead atoms. The molecule has 1 unspecified atom stereocenters. The summed E-state index contributed by atoms with van der Waals surface area (Å²) >= 11 is 19.7. The van der Waals surface area contributed by atoms with Crippen molar-refractivity contribution in [2.45, 2.75) is 18.7 Å². The molecule has 0 amide bonds. The Hall–Kier alpha value is -0.0200. The summed E-state index contributed by atoms with van der Waals surface area (Å²) in [5, 5.41) is 1.47. The zero-order valence-electron chi connectivity index (χ0n) is 10.5. The van der Waals surface area contributed by atoms with E-state index in [9.17, 15) is 0 Å². The zero-order chi connectivity index (χ0) is 14.2. The van der Waals surface area contributed by atoms with Crippen LogP contribution in [0.5, 0.6) is 0 Å². The molecule has 19 heavy (non-hydrogen) atoms. The van der Waals surface area contributed by atoms with Crippen molar-refractivity contribution in [3.63, 3.8) is 0 Å². The van der Waals surface area contributed by atoms with Gasteiger partial charge in [0.1, 0.15) is 0 Å². The lowest BCUT2D eigenvalue weighted by Gasteiger charge is -2.16. The summed E-state index contributed by atoms with van der Waals surface area (Å²) in [6.07, 6.45) is 0. The van der Waals surface area contributed by atoms with Crippen molar-refractivity contribution >= 4 is 55.1 Å². The lowest BCUT2D eigenvalue weighted by molar-refractivity contribution is 1.14. The minimum Gasteiger partial charge on any atom is -0.0843 e. The molecular weight excluding hydrogens is 411 g/mol. The second kappa shape index (κ2) is 6.17. The quantitative estimate of drug-likeness (QED) is 0.464. The molecule has 0 aromatic heterocycles. The average Bonchev–Trinajstić information content (AvgIpc) is 2.36. The standard InChI is InChI=1S/C15H12Br2Cl2/c1-8-5-12(14(19)6-9(8)2)15(17)11-7-10(18)3-4-13(11)16/h3-7,15H,1-2H3. The van der Waals surface area contributed by atoms with E-state index in [2.05, 4.69) is 51.8 Å². The van der Waals surface area contributed by atoms with Crippen LogP contribution in [0.1, 0.15) is 27.1 Å². The Balaban J connectivity index is 2.52. The smallest absolute Gasteiger partial charge is 0.0670 e. The molecule has 0 saturated heterocycles. The third-order valence-electron chi connectivity index (χ3n) is 3.12. The number of rotatable bonds is 2. The fraction of sp³-hybridized carbons (Fsp3) is 0.200. The predicted octanol–water partition coefficient (Wildman–Crippen LogP) is 6.86. The van der Waals surface area contributed by atoms with Crippen LogP contribution in [-0.2, 0) is 0 Å². The minimum absolute atomic E-state index is 0.00683. The van der Waals surface area contributed by atoms with Crippen molar-refractivity contribution in [2.24, 2.45) is 0 Å². The lowest BCUT2D eigenvalue weighted by atomic mass is 10.0. The van der Waals surface area contributed by atoms with E-state index in [1.807, 2.05) is 24.3 Å². The molecule has 0 nitrogen and oxygen atoms in total. The topological polar surface area (TPSA) is 0 Å². The number of alkyl halides is 1. The van der Waals surface area contributed by atoms with E-state index in [1.165, 1.54) is 11.1 Å². The highest BCUT2D eigenvalue weighted by Crippen LogP contribution is 2.40. The van der Waals surface area contributed by atoms with E-state index in [0.29, 0.717) is 5.02 Å². The van der Waals surface area contributed by atoms with Crippen LogP contribution in [0.3, 0.4) is 0 Å². The number of hydrogen-bond acceptors (Lipinski definition) is 0. The fourth-order valence-electron chi connectivity index (χ4n) is 1.87. The molecule has 0 N–H and O–H groups in total. The molecular formula is C15H12Br2Cl2. The van der Waals surface area contributed by atoms with Gasteiger partial charge in [0.05, 0.1) is 4.83 Å². The van der Waals surface area contributed by atoms with Crippen LogP contribution in [0.4, 0.5) is 0 Å². The van der Waals surface area contributed by atoms with E-state index < -0.39 is 0 Å². The summed E-state index contributed by atoms with van der Waals surface area (Å²) in [6.45, 7) is 4.14. The first-order valence-electron chi connectivity index (χ1n) is 5.76. The molecule has 0 fully saturated rings. The van der Waals surface area contributed by atoms with Gasteiger partial charge in [0.15, 0.2) is 0 Å². The van der Waals surface area contributed by atoms with Crippen molar-refractivity contribution < 1.29 is 0 Å². The minimum atomic E-state index is 0.00683. The SMILES string of the molecule is Cc1cc(Cl)c(C(Br)c2cc(Cl)ccc2Br)cc1C. The first kappa shape index (κ1) is 15.4. The van der Waals surface area contributed by atoms with Gasteiger partial charge in [-0.2, -0.15) is 0 Å². The summed E-state index contributed by atoms with van der Waals surface area (Å²) in [6, 6.07) is 9.86. The van der Waals surface area contributed by atoms with E-state index >= 15 is 0 Å². The number of halogens is 4. The van der Waals surface area contributed by atoms with Crippen molar-refractivity contribution in [1.82, 2.24) is 0 Å². The Kier molecular flexibility index (Phi) is 4.99. The van der Waals surface area contributed by atoms with Crippen LogP contribution < -0.4 is 0 Å². The monoisotopic (exact) mass is 420 g/mol. The van der Waals surface area contributed by atoms with Crippen LogP contribution in [0, 0.1) is 13.8 Å². The van der Waals surface area contributed by atoms with E-state index in [4.69, 9.17) is 23.2 Å². The van der Waals surface area contributed by atoms with E-state index in [0.717, 1.165) is 20.6 Å². The first-order chi connectivity index (χ1) is 8.90. The van der Waals surface area contributed by atoms with Gasteiger partial charge in [0.25, 0.3) is 0 Å². The molecule has 2 aromatic carbocycles. The first-order valence-corrected chi connectivity index (χ1v) is 8.22. The molecule has 0 spiro atoms. The number of benzene rings is 2. The highest BCUT2D eigenvalue weighted by Gasteiger charge is 2.17. The summed E-state index contributed by atoms with van der Waals surface area (Å²) < 4.78 is 1.01. The van der Waals surface area contributed by atoms with Gasteiger partial charge in [-0.1, -0.05) is 61.1 Å². The van der Waals surface area contributed by atoms with Crippen molar-refractivity contribution in [2.75, 3.05) is 0 Å². The van der Waals surface area contributed by atoms with Crippen molar-refractivity contribution in [3.8, 4) is 0 Å². The molecule has 100 valence electrons. The van der Waals surface area contributed by atoms with E-state index in [1.54, 1.807) is 0 Å². The Bertz CT molecular complexity index is 624. The Labute approximate surface area is 140 Å².